The molecule has 0 bridgehead atoms. The van der Waals surface area contributed by atoms with E-state index in [2.05, 4.69) is 10.3 Å². The number of carbonyl (C=O) groups excluding carboxylic acids is 2. The van der Waals surface area contributed by atoms with Crippen LogP contribution in [0, 0.1) is 5.82 Å². The Kier molecular flexibility index (Phi) is 6.84. The first-order valence-corrected chi connectivity index (χ1v) is 10.1. The molecule has 0 fully saturated rings. The van der Waals surface area contributed by atoms with Crippen LogP contribution in [0.3, 0.4) is 0 Å². The normalized spacial score (nSPS) is 11.7. The quantitative estimate of drug-likeness (QED) is 0.510. The molecule has 0 saturated heterocycles. The van der Waals surface area contributed by atoms with Crippen molar-refractivity contribution in [2.45, 2.75) is 19.4 Å². The van der Waals surface area contributed by atoms with Crippen molar-refractivity contribution >= 4 is 51.5 Å². The van der Waals surface area contributed by atoms with Gasteiger partial charge in [-0.25, -0.2) is 9.37 Å². The highest BCUT2D eigenvalue weighted by atomic mass is 35.5. The summed E-state index contributed by atoms with van der Waals surface area (Å²) < 4.78 is 18.0. The van der Waals surface area contributed by atoms with E-state index in [9.17, 15) is 14.0 Å². The maximum absolute atomic E-state index is 12.9. The van der Waals surface area contributed by atoms with E-state index in [1.165, 1.54) is 42.5 Å². The van der Waals surface area contributed by atoms with Gasteiger partial charge < -0.3 is 4.74 Å². The predicted octanol–water partition coefficient (Wildman–Crippen LogP) is 5.37. The van der Waals surface area contributed by atoms with Crippen molar-refractivity contribution in [3.63, 3.8) is 0 Å². The van der Waals surface area contributed by atoms with E-state index in [0.29, 0.717) is 26.4 Å². The lowest BCUT2D eigenvalue weighted by Crippen LogP contribution is -2.30. The fraction of sp³-hybridized carbons (Fsp3) is 0.150. The molecule has 5 nitrogen and oxygen atoms in total. The second-order valence-electron chi connectivity index (χ2n) is 6.09. The van der Waals surface area contributed by atoms with Gasteiger partial charge in [-0.2, -0.15) is 0 Å². The molecule has 0 aliphatic heterocycles. The van der Waals surface area contributed by atoms with E-state index >= 15 is 0 Å². The predicted molar refractivity (Wildman–Crippen MR) is 112 cm³/mol. The number of anilines is 1. The molecule has 1 heterocycles. The van der Waals surface area contributed by atoms with Crippen LogP contribution in [0.4, 0.5) is 9.52 Å². The van der Waals surface area contributed by atoms with E-state index in [1.807, 2.05) is 0 Å². The number of carbonyl (C=O) groups is 2. The topological polar surface area (TPSA) is 68.3 Å². The minimum atomic E-state index is -1.01. The van der Waals surface area contributed by atoms with Crippen molar-refractivity contribution in [2.75, 3.05) is 5.32 Å². The second kappa shape index (κ2) is 9.35. The maximum atomic E-state index is 12.9. The second-order valence-corrected chi connectivity index (χ2v) is 7.76. The summed E-state index contributed by atoms with van der Waals surface area (Å²) in [6.07, 6.45) is -1.07. The molecule has 0 saturated carbocycles. The van der Waals surface area contributed by atoms with Crippen LogP contribution in [-0.4, -0.2) is 23.0 Å². The lowest BCUT2D eigenvalue weighted by Gasteiger charge is -2.12. The SMILES string of the molecule is C[C@H](OC(=O)Cc1ccc(F)cc1)C(=O)Nc1nc(-c2ccc(Cl)c(Cl)c2)cs1. The van der Waals surface area contributed by atoms with Gasteiger partial charge in [0, 0.05) is 10.9 Å². The van der Waals surface area contributed by atoms with Crippen LogP contribution >= 0.6 is 34.5 Å². The van der Waals surface area contributed by atoms with Crippen LogP contribution < -0.4 is 5.32 Å². The average molecular weight is 453 g/mol. The fourth-order valence-electron chi connectivity index (χ4n) is 2.39. The van der Waals surface area contributed by atoms with Crippen molar-refractivity contribution in [1.82, 2.24) is 4.98 Å². The van der Waals surface area contributed by atoms with Gasteiger partial charge in [0.1, 0.15) is 5.82 Å². The first kappa shape index (κ1) is 21.2. The number of hydrogen-bond acceptors (Lipinski definition) is 5. The lowest BCUT2D eigenvalue weighted by molar-refractivity contribution is -0.152. The van der Waals surface area contributed by atoms with Gasteiger partial charge in [0.2, 0.25) is 0 Å². The van der Waals surface area contributed by atoms with Crippen molar-refractivity contribution in [1.29, 1.82) is 0 Å². The van der Waals surface area contributed by atoms with Crippen LogP contribution in [0.2, 0.25) is 10.0 Å². The number of thiazole rings is 1. The van der Waals surface area contributed by atoms with E-state index in [1.54, 1.807) is 23.6 Å². The Labute approximate surface area is 180 Å². The van der Waals surface area contributed by atoms with Gasteiger partial charge in [0.25, 0.3) is 5.91 Å². The standard InChI is InChI=1S/C20H15Cl2FN2O3S/c1-11(28-18(26)8-12-2-5-14(23)6-3-12)19(27)25-20-24-17(10-29-20)13-4-7-15(21)16(22)9-13/h2-7,9-11H,8H2,1H3,(H,24,25,27)/t11-/m0/s1. The Bertz CT molecular complexity index is 1040. The summed E-state index contributed by atoms with van der Waals surface area (Å²) >= 11 is 13.2. The minimum absolute atomic E-state index is 0.0589. The highest BCUT2D eigenvalue weighted by Crippen LogP contribution is 2.30. The van der Waals surface area contributed by atoms with Crippen molar-refractivity contribution in [2.24, 2.45) is 0 Å². The minimum Gasteiger partial charge on any atom is -0.452 e. The molecular formula is C20H15Cl2FN2O3S. The zero-order valence-corrected chi connectivity index (χ0v) is 17.4. The van der Waals surface area contributed by atoms with Gasteiger partial charge in [-0.05, 0) is 36.8 Å². The zero-order chi connectivity index (χ0) is 21.0. The maximum Gasteiger partial charge on any atom is 0.311 e. The Hall–Kier alpha value is -2.48. The van der Waals surface area contributed by atoms with Crippen LogP contribution in [0.25, 0.3) is 11.3 Å². The van der Waals surface area contributed by atoms with Gasteiger partial charge in [0.15, 0.2) is 11.2 Å². The Morgan fingerprint density at radius 2 is 1.90 bits per heavy atom. The molecule has 150 valence electrons. The van der Waals surface area contributed by atoms with Crippen molar-refractivity contribution in [3.05, 3.63) is 69.3 Å². The molecule has 29 heavy (non-hydrogen) atoms. The Balaban J connectivity index is 1.56. The highest BCUT2D eigenvalue weighted by molar-refractivity contribution is 7.14. The largest absolute Gasteiger partial charge is 0.452 e. The number of ether oxygens (including phenoxy) is 1. The van der Waals surface area contributed by atoms with Gasteiger partial charge in [0.05, 0.1) is 22.2 Å². The molecule has 0 unspecified atom stereocenters. The number of esters is 1. The third-order valence-corrected chi connectivity index (χ3v) is 5.39. The van der Waals surface area contributed by atoms with E-state index in [-0.39, 0.29) is 6.42 Å². The molecule has 3 aromatic rings. The summed E-state index contributed by atoms with van der Waals surface area (Å²) in [5.41, 5.74) is 1.98. The van der Waals surface area contributed by atoms with Crippen LogP contribution in [0.1, 0.15) is 12.5 Å². The van der Waals surface area contributed by atoms with Crippen LogP contribution in [0.5, 0.6) is 0 Å². The molecule has 0 aliphatic rings. The summed E-state index contributed by atoms with van der Waals surface area (Å²) in [4.78, 5) is 28.6. The number of hydrogen-bond donors (Lipinski definition) is 1. The Morgan fingerprint density at radius 1 is 1.17 bits per heavy atom. The summed E-state index contributed by atoms with van der Waals surface area (Å²) in [6.45, 7) is 1.46. The first-order valence-electron chi connectivity index (χ1n) is 8.47. The van der Waals surface area contributed by atoms with Crippen molar-refractivity contribution < 1.29 is 18.7 Å². The molecular weight excluding hydrogens is 438 g/mol. The third-order valence-electron chi connectivity index (χ3n) is 3.89. The molecule has 2 aromatic carbocycles. The van der Waals surface area contributed by atoms with Crippen LogP contribution in [-0.2, 0) is 20.7 Å². The molecule has 1 amide bonds. The smallest absolute Gasteiger partial charge is 0.311 e. The average Bonchev–Trinajstić information content (AvgIpc) is 3.14. The summed E-state index contributed by atoms with van der Waals surface area (Å²) in [7, 11) is 0. The number of nitrogens with zero attached hydrogens (tertiary/aromatic N) is 1. The molecule has 9 heteroatoms. The lowest BCUT2D eigenvalue weighted by atomic mass is 10.1. The number of benzene rings is 2. The third kappa shape index (κ3) is 5.76. The van der Waals surface area contributed by atoms with Gasteiger partial charge in [-0.1, -0.05) is 41.4 Å². The number of aromatic nitrogens is 1. The van der Waals surface area contributed by atoms with Gasteiger partial charge >= 0.3 is 5.97 Å². The number of amides is 1. The molecule has 1 aromatic heterocycles. The molecule has 1 N–H and O–H groups in total. The molecule has 3 rings (SSSR count). The van der Waals surface area contributed by atoms with Crippen molar-refractivity contribution in [3.8, 4) is 11.3 Å². The molecule has 0 spiro atoms. The molecule has 1 atom stereocenters. The number of halogens is 3. The van der Waals surface area contributed by atoms with Crippen LogP contribution in [0.15, 0.2) is 47.8 Å². The fourth-order valence-corrected chi connectivity index (χ4v) is 3.41. The number of rotatable bonds is 6. The van der Waals surface area contributed by atoms with E-state index in [4.69, 9.17) is 27.9 Å². The summed E-state index contributed by atoms with van der Waals surface area (Å²) in [6, 6.07) is 10.6. The first-order chi connectivity index (χ1) is 13.8. The molecule has 0 aliphatic carbocycles. The van der Waals surface area contributed by atoms with Gasteiger partial charge in [-0.15, -0.1) is 11.3 Å². The van der Waals surface area contributed by atoms with E-state index in [0.717, 1.165) is 5.56 Å². The molecule has 0 radical (unpaired) electrons. The summed E-state index contributed by atoms with van der Waals surface area (Å²) in [5.74, 6) is -1.49. The van der Waals surface area contributed by atoms with Gasteiger partial charge in [-0.3, -0.25) is 14.9 Å². The monoisotopic (exact) mass is 452 g/mol. The number of nitrogens with one attached hydrogen (secondary N) is 1. The Morgan fingerprint density at radius 3 is 2.59 bits per heavy atom. The summed E-state index contributed by atoms with van der Waals surface area (Å²) in [5, 5.41) is 5.59. The zero-order valence-electron chi connectivity index (χ0n) is 15.1. The van der Waals surface area contributed by atoms with E-state index < -0.39 is 23.8 Å². The highest BCUT2D eigenvalue weighted by Gasteiger charge is 2.19.